The highest BCUT2D eigenvalue weighted by Crippen LogP contribution is 2.10. The lowest BCUT2D eigenvalue weighted by atomic mass is 10.0. The highest BCUT2D eigenvalue weighted by Gasteiger charge is 2.08. The van der Waals surface area contributed by atoms with Crippen LogP contribution >= 0.6 is 0 Å². The predicted octanol–water partition coefficient (Wildman–Crippen LogP) is 2.26. The van der Waals surface area contributed by atoms with Gasteiger partial charge in [-0.05, 0) is 37.5 Å². The van der Waals surface area contributed by atoms with Crippen molar-refractivity contribution < 1.29 is 4.79 Å². The number of hydrogen-bond donors (Lipinski definition) is 1. The van der Waals surface area contributed by atoms with Crippen LogP contribution in [-0.2, 0) is 11.2 Å². The minimum absolute atomic E-state index is 0.0315. The lowest BCUT2D eigenvalue weighted by Gasteiger charge is -2.10. The van der Waals surface area contributed by atoms with E-state index in [1.54, 1.807) is 0 Å². The minimum Gasteiger partial charge on any atom is -0.352 e. The third-order valence-electron chi connectivity index (χ3n) is 2.74. The number of benzene rings is 1. The van der Waals surface area contributed by atoms with Gasteiger partial charge in [0.1, 0.15) is 0 Å². The van der Waals surface area contributed by atoms with E-state index in [1.807, 2.05) is 45.0 Å². The van der Waals surface area contributed by atoms with Crippen molar-refractivity contribution >= 4 is 5.91 Å². The van der Waals surface area contributed by atoms with E-state index in [0.29, 0.717) is 12.8 Å². The quantitative estimate of drug-likeness (QED) is 0.862. The molecule has 0 aliphatic carbocycles. The van der Waals surface area contributed by atoms with E-state index in [0.717, 1.165) is 5.56 Å². The largest absolute Gasteiger partial charge is 0.352 e. The molecule has 0 aliphatic rings. The first kappa shape index (κ1) is 13.2. The Bertz CT molecular complexity index is 446. The van der Waals surface area contributed by atoms with Crippen molar-refractivity contribution in [1.82, 2.24) is 5.32 Å². The van der Waals surface area contributed by atoms with Crippen molar-refractivity contribution in [1.29, 1.82) is 5.26 Å². The van der Waals surface area contributed by atoms with Crippen LogP contribution in [-0.4, -0.2) is 11.9 Å². The first-order valence-corrected chi connectivity index (χ1v) is 5.75. The van der Waals surface area contributed by atoms with E-state index in [1.165, 1.54) is 11.1 Å². The summed E-state index contributed by atoms with van der Waals surface area (Å²) in [4.78, 5) is 11.7. The Morgan fingerprint density at radius 2 is 2.12 bits per heavy atom. The van der Waals surface area contributed by atoms with Gasteiger partial charge in [0.25, 0.3) is 0 Å². The third kappa shape index (κ3) is 4.28. The van der Waals surface area contributed by atoms with Gasteiger partial charge in [0.15, 0.2) is 0 Å². The fraction of sp³-hybridized carbons (Fsp3) is 0.429. The van der Waals surface area contributed by atoms with E-state index in [4.69, 9.17) is 5.26 Å². The van der Waals surface area contributed by atoms with Crippen molar-refractivity contribution in [3.63, 3.8) is 0 Å². The number of nitrogens with one attached hydrogen (secondary N) is 1. The molecule has 17 heavy (non-hydrogen) atoms. The maximum Gasteiger partial charge on any atom is 0.224 e. The summed E-state index contributed by atoms with van der Waals surface area (Å²) >= 11 is 0. The normalized spacial score (nSPS) is 11.6. The number of aryl methyl sites for hydroxylation is 2. The molecular formula is C14H18N2O. The minimum atomic E-state index is -0.0842. The van der Waals surface area contributed by atoms with E-state index in [9.17, 15) is 4.79 Å². The Morgan fingerprint density at radius 3 is 2.71 bits per heavy atom. The first-order chi connectivity index (χ1) is 8.02. The Morgan fingerprint density at radius 1 is 1.41 bits per heavy atom. The lowest BCUT2D eigenvalue weighted by molar-refractivity contribution is -0.121. The molecule has 1 atom stereocenters. The van der Waals surface area contributed by atoms with Crippen LogP contribution in [0.4, 0.5) is 0 Å². The number of carbonyl (C=O) groups is 1. The van der Waals surface area contributed by atoms with Crippen LogP contribution in [0.2, 0.25) is 0 Å². The van der Waals surface area contributed by atoms with Crippen LogP contribution in [0.1, 0.15) is 30.0 Å². The van der Waals surface area contributed by atoms with E-state index in [2.05, 4.69) is 5.32 Å². The molecule has 1 aromatic carbocycles. The van der Waals surface area contributed by atoms with Crippen LogP contribution in [0.3, 0.4) is 0 Å². The predicted molar refractivity (Wildman–Crippen MR) is 67.5 cm³/mol. The molecule has 0 heterocycles. The molecule has 1 N–H and O–H groups in total. The number of hydrogen-bond acceptors (Lipinski definition) is 2. The van der Waals surface area contributed by atoms with Crippen molar-refractivity contribution in [2.45, 2.75) is 39.7 Å². The Labute approximate surface area is 102 Å². The summed E-state index contributed by atoms with van der Waals surface area (Å²) in [6, 6.07) is 7.98. The highest BCUT2D eigenvalue weighted by molar-refractivity contribution is 5.78. The Kier molecular flexibility index (Phi) is 4.71. The highest BCUT2D eigenvalue weighted by atomic mass is 16.1. The van der Waals surface area contributed by atoms with Gasteiger partial charge in [-0.15, -0.1) is 0 Å². The molecule has 0 spiro atoms. The maximum absolute atomic E-state index is 11.7. The average Bonchev–Trinajstić information content (AvgIpc) is 2.23. The molecule has 0 aliphatic heterocycles. The molecule has 1 rings (SSSR count). The van der Waals surface area contributed by atoms with Gasteiger partial charge in [-0.25, -0.2) is 0 Å². The van der Waals surface area contributed by atoms with Crippen molar-refractivity contribution in [3.05, 3.63) is 34.9 Å². The Balaban J connectivity index is 2.57. The summed E-state index contributed by atoms with van der Waals surface area (Å²) in [5.41, 5.74) is 3.43. The zero-order valence-corrected chi connectivity index (χ0v) is 10.6. The number of rotatable bonds is 4. The summed E-state index contributed by atoms with van der Waals surface area (Å²) in [5, 5.41) is 11.3. The van der Waals surface area contributed by atoms with Crippen LogP contribution in [0.5, 0.6) is 0 Å². The Hall–Kier alpha value is -1.82. The smallest absolute Gasteiger partial charge is 0.224 e. The number of nitrogens with zero attached hydrogens (tertiary/aromatic N) is 1. The standard InChI is InChI=1S/C14H18N2O/c1-10-4-5-13(8-11(10)2)9-14(17)16-12(3)6-7-15/h4-5,8,12H,6,9H2,1-3H3,(H,16,17). The monoisotopic (exact) mass is 230 g/mol. The van der Waals surface area contributed by atoms with Crippen LogP contribution in [0.25, 0.3) is 0 Å². The molecule has 90 valence electrons. The van der Waals surface area contributed by atoms with Crippen molar-refractivity contribution in [3.8, 4) is 6.07 Å². The van der Waals surface area contributed by atoms with Crippen LogP contribution in [0.15, 0.2) is 18.2 Å². The summed E-state index contributed by atoms with van der Waals surface area (Å²) < 4.78 is 0. The van der Waals surface area contributed by atoms with Crippen LogP contribution < -0.4 is 5.32 Å². The van der Waals surface area contributed by atoms with Gasteiger partial charge < -0.3 is 5.32 Å². The average molecular weight is 230 g/mol. The molecule has 0 aromatic heterocycles. The lowest BCUT2D eigenvalue weighted by Crippen LogP contribution is -2.33. The molecule has 0 saturated heterocycles. The molecule has 0 saturated carbocycles. The van der Waals surface area contributed by atoms with Gasteiger partial charge in [0.05, 0.1) is 18.9 Å². The second kappa shape index (κ2) is 6.05. The molecule has 0 fully saturated rings. The molecule has 1 aromatic rings. The zero-order chi connectivity index (χ0) is 12.8. The summed E-state index contributed by atoms with van der Waals surface area (Å²) in [7, 11) is 0. The van der Waals surface area contributed by atoms with Gasteiger partial charge in [0.2, 0.25) is 5.91 Å². The molecule has 3 nitrogen and oxygen atoms in total. The molecule has 1 unspecified atom stereocenters. The fourth-order valence-electron chi connectivity index (χ4n) is 1.61. The second-order valence-corrected chi connectivity index (χ2v) is 4.43. The van der Waals surface area contributed by atoms with Gasteiger partial charge in [-0.3, -0.25) is 4.79 Å². The van der Waals surface area contributed by atoms with E-state index < -0.39 is 0 Å². The molecular weight excluding hydrogens is 212 g/mol. The molecule has 3 heteroatoms. The SMILES string of the molecule is Cc1ccc(CC(=O)NC(C)CC#N)cc1C. The van der Waals surface area contributed by atoms with Gasteiger partial charge >= 0.3 is 0 Å². The fourth-order valence-corrected chi connectivity index (χ4v) is 1.61. The summed E-state index contributed by atoms with van der Waals surface area (Å²) in [5.74, 6) is -0.0315. The number of amides is 1. The van der Waals surface area contributed by atoms with Crippen molar-refractivity contribution in [2.24, 2.45) is 0 Å². The first-order valence-electron chi connectivity index (χ1n) is 5.75. The van der Waals surface area contributed by atoms with E-state index in [-0.39, 0.29) is 11.9 Å². The number of carbonyl (C=O) groups excluding carboxylic acids is 1. The molecule has 0 radical (unpaired) electrons. The molecule has 0 bridgehead atoms. The van der Waals surface area contributed by atoms with Gasteiger partial charge in [0, 0.05) is 6.04 Å². The van der Waals surface area contributed by atoms with Gasteiger partial charge in [-0.1, -0.05) is 18.2 Å². The molecule has 1 amide bonds. The second-order valence-electron chi connectivity index (χ2n) is 4.43. The summed E-state index contributed by atoms with van der Waals surface area (Å²) in [6.07, 6.45) is 0.718. The number of nitriles is 1. The third-order valence-corrected chi connectivity index (χ3v) is 2.74. The van der Waals surface area contributed by atoms with Gasteiger partial charge in [-0.2, -0.15) is 5.26 Å². The summed E-state index contributed by atoms with van der Waals surface area (Å²) in [6.45, 7) is 5.92. The maximum atomic E-state index is 11.7. The van der Waals surface area contributed by atoms with Crippen molar-refractivity contribution in [2.75, 3.05) is 0 Å². The van der Waals surface area contributed by atoms with E-state index >= 15 is 0 Å². The zero-order valence-electron chi connectivity index (χ0n) is 10.6. The topological polar surface area (TPSA) is 52.9 Å². The van der Waals surface area contributed by atoms with Crippen LogP contribution in [0, 0.1) is 25.2 Å².